The average Bonchev–Trinajstić information content (AvgIpc) is 2.70. The number of nitrogens with zero attached hydrogens (tertiary/aromatic N) is 1. The van der Waals surface area contributed by atoms with E-state index in [0.29, 0.717) is 43.1 Å². The summed E-state index contributed by atoms with van der Waals surface area (Å²) in [7, 11) is -3.54. The van der Waals surface area contributed by atoms with Crippen LogP contribution in [-0.4, -0.2) is 50.7 Å². The molecule has 1 N–H and O–H groups in total. The second-order valence-corrected chi connectivity index (χ2v) is 9.91. The minimum absolute atomic E-state index is 0.00258. The lowest BCUT2D eigenvalue weighted by Crippen LogP contribution is -2.45. The monoisotopic (exact) mass is 458 g/mol. The lowest BCUT2D eigenvalue weighted by Gasteiger charge is -2.32. The minimum Gasteiger partial charge on any atom is -0.349 e. The summed E-state index contributed by atoms with van der Waals surface area (Å²) in [5.41, 5.74) is 0.415. The zero-order chi connectivity index (χ0) is 21.0. The first-order chi connectivity index (χ1) is 13.7. The first kappa shape index (κ1) is 22.0. The van der Waals surface area contributed by atoms with Crippen LogP contribution in [0.15, 0.2) is 47.4 Å². The SMILES string of the molecule is O=C(NC1CCN(CCS(=O)(=O)c2cc(Cl)ccc2Cl)CC1)c1ccc(F)cc1. The maximum Gasteiger partial charge on any atom is 0.251 e. The number of likely N-dealkylation sites (tertiary alicyclic amines) is 1. The van der Waals surface area contributed by atoms with Gasteiger partial charge in [0.05, 0.1) is 15.7 Å². The van der Waals surface area contributed by atoms with Gasteiger partial charge in [0.1, 0.15) is 5.82 Å². The number of rotatable bonds is 6. The van der Waals surface area contributed by atoms with Crippen molar-refractivity contribution in [1.82, 2.24) is 10.2 Å². The third-order valence-electron chi connectivity index (χ3n) is 4.93. The van der Waals surface area contributed by atoms with E-state index >= 15 is 0 Å². The smallest absolute Gasteiger partial charge is 0.251 e. The van der Waals surface area contributed by atoms with Crippen molar-refractivity contribution in [3.8, 4) is 0 Å². The van der Waals surface area contributed by atoms with Gasteiger partial charge in [-0.15, -0.1) is 0 Å². The molecule has 1 aliphatic rings. The molecule has 0 unspecified atom stereocenters. The van der Waals surface area contributed by atoms with E-state index in [-0.39, 0.29) is 33.4 Å². The normalized spacial score (nSPS) is 16.0. The van der Waals surface area contributed by atoms with E-state index in [1.165, 1.54) is 36.4 Å². The van der Waals surface area contributed by atoms with E-state index in [9.17, 15) is 17.6 Å². The van der Waals surface area contributed by atoms with Crippen LogP contribution in [0.2, 0.25) is 10.0 Å². The standard InChI is InChI=1S/C20H21Cl2FN2O3S/c21-15-3-6-18(22)19(13-15)29(27,28)12-11-25-9-7-17(8-10-25)24-20(26)14-1-4-16(23)5-2-14/h1-6,13,17H,7-12H2,(H,24,26). The first-order valence-corrected chi connectivity index (χ1v) is 11.6. The van der Waals surface area contributed by atoms with Crippen molar-refractivity contribution in [3.63, 3.8) is 0 Å². The number of amides is 1. The van der Waals surface area contributed by atoms with Crippen molar-refractivity contribution in [3.05, 3.63) is 63.9 Å². The molecule has 0 spiro atoms. The van der Waals surface area contributed by atoms with Crippen molar-refractivity contribution < 1.29 is 17.6 Å². The quantitative estimate of drug-likeness (QED) is 0.714. The lowest BCUT2D eigenvalue weighted by atomic mass is 10.0. The highest BCUT2D eigenvalue weighted by atomic mass is 35.5. The van der Waals surface area contributed by atoms with Gasteiger partial charge in [-0.25, -0.2) is 12.8 Å². The van der Waals surface area contributed by atoms with Crippen LogP contribution >= 0.6 is 23.2 Å². The second-order valence-electron chi connectivity index (χ2n) is 6.99. The van der Waals surface area contributed by atoms with Gasteiger partial charge >= 0.3 is 0 Å². The fourth-order valence-corrected chi connectivity index (χ4v) is 5.34. The molecular weight excluding hydrogens is 438 g/mol. The van der Waals surface area contributed by atoms with E-state index in [0.717, 1.165) is 0 Å². The van der Waals surface area contributed by atoms with E-state index in [2.05, 4.69) is 10.2 Å². The molecule has 1 saturated heterocycles. The Balaban J connectivity index is 1.49. The molecule has 5 nitrogen and oxygen atoms in total. The maximum absolute atomic E-state index is 13.0. The summed E-state index contributed by atoms with van der Waals surface area (Å²) < 4.78 is 38.1. The minimum atomic E-state index is -3.54. The average molecular weight is 459 g/mol. The Labute approximate surface area is 179 Å². The molecule has 9 heteroatoms. The molecule has 0 saturated carbocycles. The van der Waals surface area contributed by atoms with Gasteiger partial charge in [0.2, 0.25) is 0 Å². The van der Waals surface area contributed by atoms with Gasteiger partial charge in [0.25, 0.3) is 5.91 Å². The number of carbonyl (C=O) groups excluding carboxylic acids is 1. The zero-order valence-electron chi connectivity index (χ0n) is 15.6. The molecule has 1 aliphatic heterocycles. The topological polar surface area (TPSA) is 66.5 Å². The van der Waals surface area contributed by atoms with Gasteiger partial charge in [-0.2, -0.15) is 0 Å². The summed E-state index contributed by atoms with van der Waals surface area (Å²) in [5.74, 6) is -0.676. The molecular formula is C20H21Cl2FN2O3S. The fraction of sp³-hybridized carbons (Fsp3) is 0.350. The van der Waals surface area contributed by atoms with E-state index < -0.39 is 9.84 Å². The van der Waals surface area contributed by atoms with Crippen LogP contribution in [-0.2, 0) is 9.84 Å². The van der Waals surface area contributed by atoms with Crippen LogP contribution in [0.1, 0.15) is 23.2 Å². The van der Waals surface area contributed by atoms with Crippen molar-refractivity contribution in [2.24, 2.45) is 0 Å². The second kappa shape index (κ2) is 9.43. The van der Waals surface area contributed by atoms with E-state index in [1.807, 2.05) is 0 Å². The van der Waals surface area contributed by atoms with Crippen LogP contribution in [0.5, 0.6) is 0 Å². The Morgan fingerprint density at radius 3 is 2.41 bits per heavy atom. The van der Waals surface area contributed by atoms with Crippen LogP contribution in [0.25, 0.3) is 0 Å². The molecule has 0 radical (unpaired) electrons. The summed E-state index contributed by atoms with van der Waals surface area (Å²) in [6, 6.07) is 9.81. The van der Waals surface area contributed by atoms with E-state index in [4.69, 9.17) is 23.2 Å². The Bertz CT molecular complexity index is 976. The predicted octanol–water partition coefficient (Wildman–Crippen LogP) is 3.80. The number of hydrogen-bond donors (Lipinski definition) is 1. The molecule has 1 amide bonds. The summed E-state index contributed by atoms with van der Waals surface area (Å²) in [6.45, 7) is 1.73. The molecule has 29 heavy (non-hydrogen) atoms. The predicted molar refractivity (Wildman–Crippen MR) is 112 cm³/mol. The molecule has 1 fully saturated rings. The highest BCUT2D eigenvalue weighted by molar-refractivity contribution is 7.91. The third-order valence-corrected chi connectivity index (χ3v) is 7.34. The lowest BCUT2D eigenvalue weighted by molar-refractivity contribution is 0.0913. The van der Waals surface area contributed by atoms with Gasteiger partial charge in [-0.1, -0.05) is 23.2 Å². The van der Waals surface area contributed by atoms with Gasteiger partial charge in [0, 0.05) is 36.3 Å². The van der Waals surface area contributed by atoms with Crippen LogP contribution in [0, 0.1) is 5.82 Å². The van der Waals surface area contributed by atoms with E-state index in [1.54, 1.807) is 6.07 Å². The number of carbonyl (C=O) groups is 1. The Morgan fingerprint density at radius 2 is 1.76 bits per heavy atom. The Morgan fingerprint density at radius 1 is 1.10 bits per heavy atom. The van der Waals surface area contributed by atoms with Gasteiger partial charge in [-0.05, 0) is 55.3 Å². The molecule has 2 aromatic carbocycles. The summed E-state index contributed by atoms with van der Waals surface area (Å²) in [5, 5.41) is 3.44. The van der Waals surface area contributed by atoms with Crippen LogP contribution in [0.3, 0.4) is 0 Å². The summed E-state index contributed by atoms with van der Waals surface area (Å²) in [4.78, 5) is 14.3. The molecule has 156 valence electrons. The Kier molecular flexibility index (Phi) is 7.16. The highest BCUT2D eigenvalue weighted by Gasteiger charge is 2.24. The molecule has 0 aromatic heterocycles. The molecule has 2 aromatic rings. The number of hydrogen-bond acceptors (Lipinski definition) is 4. The first-order valence-electron chi connectivity index (χ1n) is 9.21. The van der Waals surface area contributed by atoms with Crippen molar-refractivity contribution in [2.45, 2.75) is 23.8 Å². The largest absolute Gasteiger partial charge is 0.349 e. The molecule has 0 bridgehead atoms. The van der Waals surface area contributed by atoms with Crippen LogP contribution < -0.4 is 5.32 Å². The van der Waals surface area contributed by atoms with Gasteiger partial charge < -0.3 is 10.2 Å². The number of nitrogens with one attached hydrogen (secondary N) is 1. The van der Waals surface area contributed by atoms with Crippen molar-refractivity contribution >= 4 is 38.9 Å². The molecule has 1 heterocycles. The maximum atomic E-state index is 13.0. The summed E-state index contributed by atoms with van der Waals surface area (Å²) in [6.07, 6.45) is 1.43. The number of halogens is 3. The zero-order valence-corrected chi connectivity index (χ0v) is 17.9. The van der Waals surface area contributed by atoms with Crippen molar-refractivity contribution in [1.29, 1.82) is 0 Å². The van der Waals surface area contributed by atoms with Crippen molar-refractivity contribution in [2.75, 3.05) is 25.4 Å². The third kappa shape index (κ3) is 5.92. The number of sulfone groups is 1. The van der Waals surface area contributed by atoms with Crippen LogP contribution in [0.4, 0.5) is 4.39 Å². The molecule has 0 aliphatic carbocycles. The van der Waals surface area contributed by atoms with Gasteiger partial charge in [0.15, 0.2) is 9.84 Å². The number of benzene rings is 2. The molecule has 0 atom stereocenters. The Hall–Kier alpha value is -1.67. The van der Waals surface area contributed by atoms with Gasteiger partial charge in [-0.3, -0.25) is 4.79 Å². The number of piperidine rings is 1. The fourth-order valence-electron chi connectivity index (χ4n) is 3.25. The summed E-state index contributed by atoms with van der Waals surface area (Å²) >= 11 is 11.9. The molecule has 3 rings (SSSR count). The highest BCUT2D eigenvalue weighted by Crippen LogP contribution is 2.26.